The van der Waals surface area contributed by atoms with E-state index in [0.717, 1.165) is 12.8 Å². The Labute approximate surface area is 83.0 Å². The molecule has 1 aromatic rings. The molecule has 0 aromatic heterocycles. The Hall–Kier alpha value is -1.38. The smallest absolute Gasteiger partial charge is 0.135 e. The summed E-state index contributed by atoms with van der Waals surface area (Å²) < 4.78 is 5.56. The first-order valence-corrected chi connectivity index (χ1v) is 4.86. The lowest BCUT2D eigenvalue weighted by molar-refractivity contribution is 0.208. The van der Waals surface area contributed by atoms with Crippen molar-refractivity contribution in [1.29, 1.82) is 0 Å². The Morgan fingerprint density at radius 3 is 2.57 bits per heavy atom. The van der Waals surface area contributed by atoms with Crippen molar-refractivity contribution in [2.24, 2.45) is 0 Å². The maximum atomic E-state index is 9.21. The molecule has 1 aliphatic carbocycles. The van der Waals surface area contributed by atoms with E-state index in [4.69, 9.17) is 4.74 Å². The summed E-state index contributed by atoms with van der Waals surface area (Å²) in [6.45, 7) is 0. The zero-order valence-corrected chi connectivity index (χ0v) is 7.86. The summed E-state index contributed by atoms with van der Waals surface area (Å²) in [6, 6.07) is 5.36. The number of rotatable bonds is 2. The summed E-state index contributed by atoms with van der Waals surface area (Å²) in [4.78, 5) is 0. The van der Waals surface area contributed by atoms with Crippen LogP contribution < -0.4 is 4.74 Å². The van der Waals surface area contributed by atoms with Gasteiger partial charge >= 0.3 is 0 Å². The molecule has 0 spiro atoms. The van der Waals surface area contributed by atoms with Crippen LogP contribution in [0.1, 0.15) is 25.7 Å². The molecule has 2 N–H and O–H groups in total. The third kappa shape index (κ3) is 2.10. The first-order chi connectivity index (χ1) is 6.74. The minimum absolute atomic E-state index is 0.00856. The van der Waals surface area contributed by atoms with Crippen LogP contribution >= 0.6 is 0 Å². The van der Waals surface area contributed by atoms with Gasteiger partial charge in [0.1, 0.15) is 17.2 Å². The number of phenolic OH excluding ortho intramolecular Hbond substituents is 2. The van der Waals surface area contributed by atoms with Crippen LogP contribution in [0.3, 0.4) is 0 Å². The number of phenols is 2. The van der Waals surface area contributed by atoms with Gasteiger partial charge in [0, 0.05) is 12.1 Å². The molecule has 3 heteroatoms. The van der Waals surface area contributed by atoms with E-state index < -0.39 is 0 Å². The van der Waals surface area contributed by atoms with Crippen LogP contribution in [0.25, 0.3) is 0 Å². The standard InChI is InChI=1S/C11H13O3/c12-8-5-9(13)7-11(6-8)14-10-3-1-2-4-10/h5-6,10,12-13H,1-4H2. The number of hydrogen-bond donors (Lipinski definition) is 2. The van der Waals surface area contributed by atoms with Gasteiger partial charge in [0.2, 0.25) is 0 Å². The molecule has 0 aliphatic heterocycles. The van der Waals surface area contributed by atoms with Crippen LogP contribution in [-0.4, -0.2) is 16.3 Å². The summed E-state index contributed by atoms with van der Waals surface area (Å²) in [7, 11) is 0. The molecule has 1 saturated carbocycles. The van der Waals surface area contributed by atoms with Crippen LogP contribution in [0.15, 0.2) is 12.1 Å². The van der Waals surface area contributed by atoms with Crippen molar-refractivity contribution >= 4 is 0 Å². The fourth-order valence-corrected chi connectivity index (χ4v) is 1.76. The van der Waals surface area contributed by atoms with Crippen molar-refractivity contribution in [3.63, 3.8) is 0 Å². The second kappa shape index (κ2) is 3.78. The first kappa shape index (κ1) is 9.19. The van der Waals surface area contributed by atoms with E-state index in [9.17, 15) is 10.2 Å². The van der Waals surface area contributed by atoms with Crippen LogP contribution in [0, 0.1) is 6.07 Å². The van der Waals surface area contributed by atoms with Gasteiger partial charge in [-0.15, -0.1) is 0 Å². The molecule has 75 valence electrons. The third-order valence-electron chi connectivity index (χ3n) is 2.41. The van der Waals surface area contributed by atoms with Gasteiger partial charge in [-0.05, 0) is 25.7 Å². The third-order valence-corrected chi connectivity index (χ3v) is 2.41. The average molecular weight is 193 g/mol. The average Bonchev–Trinajstić information content (AvgIpc) is 2.54. The monoisotopic (exact) mass is 193 g/mol. The predicted molar refractivity (Wildman–Crippen MR) is 51.5 cm³/mol. The highest BCUT2D eigenvalue weighted by Gasteiger charge is 2.16. The molecule has 1 aromatic carbocycles. The minimum atomic E-state index is -0.0852. The Kier molecular flexibility index (Phi) is 2.48. The second-order valence-corrected chi connectivity index (χ2v) is 3.61. The van der Waals surface area contributed by atoms with Crippen LogP contribution in [0.2, 0.25) is 0 Å². The summed E-state index contributed by atoms with van der Waals surface area (Å²) in [5.41, 5.74) is 0. The Bertz CT molecular complexity index is 296. The molecule has 14 heavy (non-hydrogen) atoms. The van der Waals surface area contributed by atoms with Crippen LogP contribution in [-0.2, 0) is 0 Å². The van der Waals surface area contributed by atoms with Gasteiger partial charge in [0.05, 0.1) is 12.2 Å². The summed E-state index contributed by atoms with van der Waals surface area (Å²) in [5, 5.41) is 18.4. The van der Waals surface area contributed by atoms with E-state index in [1.54, 1.807) is 0 Å². The molecule has 3 nitrogen and oxygen atoms in total. The van der Waals surface area contributed by atoms with Gasteiger partial charge in [0.15, 0.2) is 0 Å². The molecule has 0 bridgehead atoms. The van der Waals surface area contributed by atoms with Crippen molar-refractivity contribution in [3.8, 4) is 17.2 Å². The minimum Gasteiger partial charge on any atom is -0.508 e. The van der Waals surface area contributed by atoms with Gasteiger partial charge in [-0.25, -0.2) is 0 Å². The van der Waals surface area contributed by atoms with Gasteiger partial charge in [-0.3, -0.25) is 0 Å². The highest BCUT2D eigenvalue weighted by Crippen LogP contribution is 2.29. The summed E-state index contributed by atoms with van der Waals surface area (Å²) >= 11 is 0. The molecule has 0 saturated heterocycles. The molecule has 0 heterocycles. The normalized spacial score (nSPS) is 17.1. The predicted octanol–water partition coefficient (Wildman–Crippen LogP) is 2.22. The van der Waals surface area contributed by atoms with Crippen LogP contribution in [0.5, 0.6) is 17.2 Å². The first-order valence-electron chi connectivity index (χ1n) is 4.86. The van der Waals surface area contributed by atoms with Gasteiger partial charge in [-0.1, -0.05) is 0 Å². The van der Waals surface area contributed by atoms with E-state index in [1.807, 2.05) is 0 Å². The Balaban J connectivity index is 2.07. The zero-order valence-electron chi connectivity index (χ0n) is 7.86. The lowest BCUT2D eigenvalue weighted by Gasteiger charge is -2.12. The topological polar surface area (TPSA) is 49.7 Å². The molecule has 1 radical (unpaired) electrons. The molecular weight excluding hydrogens is 180 g/mol. The van der Waals surface area contributed by atoms with E-state index >= 15 is 0 Å². The van der Waals surface area contributed by atoms with Gasteiger partial charge in [0.25, 0.3) is 0 Å². The number of benzene rings is 1. The molecule has 2 rings (SSSR count). The number of aromatic hydroxyl groups is 2. The van der Waals surface area contributed by atoms with E-state index in [2.05, 4.69) is 6.07 Å². The summed E-state index contributed by atoms with van der Waals surface area (Å²) in [6.07, 6.45) is 4.69. The zero-order chi connectivity index (χ0) is 9.97. The molecule has 0 atom stereocenters. The quantitative estimate of drug-likeness (QED) is 0.757. The van der Waals surface area contributed by atoms with E-state index in [1.165, 1.54) is 25.0 Å². The Morgan fingerprint density at radius 1 is 1.21 bits per heavy atom. The van der Waals surface area contributed by atoms with Crippen LogP contribution in [0.4, 0.5) is 0 Å². The highest BCUT2D eigenvalue weighted by atomic mass is 16.5. The molecular formula is C11H13O3. The van der Waals surface area contributed by atoms with Crippen molar-refractivity contribution < 1.29 is 14.9 Å². The maximum absolute atomic E-state index is 9.21. The largest absolute Gasteiger partial charge is 0.508 e. The number of ether oxygens (including phenoxy) is 1. The van der Waals surface area contributed by atoms with E-state index in [0.29, 0.717) is 5.75 Å². The molecule has 0 unspecified atom stereocenters. The fraction of sp³-hybridized carbons (Fsp3) is 0.455. The number of hydrogen-bond acceptors (Lipinski definition) is 3. The lowest BCUT2D eigenvalue weighted by atomic mass is 10.3. The SMILES string of the molecule is Oc1[c]c(OC2CCCC2)cc(O)c1. The molecule has 0 amide bonds. The fourth-order valence-electron chi connectivity index (χ4n) is 1.76. The lowest BCUT2D eigenvalue weighted by Crippen LogP contribution is -2.10. The van der Waals surface area contributed by atoms with Gasteiger partial charge in [-0.2, -0.15) is 0 Å². The maximum Gasteiger partial charge on any atom is 0.135 e. The van der Waals surface area contributed by atoms with E-state index in [-0.39, 0.29) is 17.6 Å². The van der Waals surface area contributed by atoms with Crippen molar-refractivity contribution in [2.45, 2.75) is 31.8 Å². The van der Waals surface area contributed by atoms with Crippen molar-refractivity contribution in [3.05, 3.63) is 18.2 Å². The molecule has 1 fully saturated rings. The summed E-state index contributed by atoms with van der Waals surface area (Å²) in [5.74, 6) is 0.349. The van der Waals surface area contributed by atoms with Crippen molar-refractivity contribution in [1.82, 2.24) is 0 Å². The van der Waals surface area contributed by atoms with Gasteiger partial charge < -0.3 is 14.9 Å². The second-order valence-electron chi connectivity index (χ2n) is 3.61. The Morgan fingerprint density at radius 2 is 1.93 bits per heavy atom. The van der Waals surface area contributed by atoms with Crippen molar-refractivity contribution in [2.75, 3.05) is 0 Å². The molecule has 1 aliphatic rings. The highest BCUT2D eigenvalue weighted by molar-refractivity contribution is 5.39.